The Kier molecular flexibility index (Phi) is 4.77. The normalized spacial score (nSPS) is 22.8. The molecule has 0 radical (unpaired) electrons. The highest BCUT2D eigenvalue weighted by atomic mass is 16.4. The lowest BCUT2D eigenvalue weighted by molar-refractivity contribution is -0.150. The molecule has 17 heavy (non-hydrogen) atoms. The average molecular weight is 235 g/mol. The number of carbonyl (C=O) groups excluding carboxylic acids is 1. The molecule has 4 nitrogen and oxygen atoms in total. The molecule has 0 aromatic heterocycles. The Morgan fingerprint density at radius 2 is 2.00 bits per heavy atom. The van der Waals surface area contributed by atoms with E-state index < -0.39 is 17.8 Å². The number of carboxylic acids is 1. The summed E-state index contributed by atoms with van der Waals surface area (Å²) in [4.78, 5) is 24.8. The summed E-state index contributed by atoms with van der Waals surface area (Å²) in [6, 6.07) is 0. The van der Waals surface area contributed by atoms with Gasteiger partial charge in [0.15, 0.2) is 0 Å². The minimum atomic E-state index is -0.913. The van der Waals surface area contributed by atoms with Crippen molar-refractivity contribution in [3.8, 4) is 12.3 Å². The number of carboxylic acid groups (broad SMARTS) is 1. The number of amides is 1. The standard InChI is InChI=1S/C13H17NO3/c1-3-9-14(4-2)12(15)10-7-5-6-8-11(10)13(16)17/h1,5-6,10-11H,4,7-9H2,2H3,(H,16,17)/t10-,11+/m1/s1. The Morgan fingerprint density at radius 1 is 1.41 bits per heavy atom. The molecular weight excluding hydrogens is 218 g/mol. The van der Waals surface area contributed by atoms with Crippen LogP contribution >= 0.6 is 0 Å². The van der Waals surface area contributed by atoms with Gasteiger partial charge in [0, 0.05) is 6.54 Å². The van der Waals surface area contributed by atoms with Crippen LogP contribution in [0.3, 0.4) is 0 Å². The first kappa shape index (κ1) is 13.3. The van der Waals surface area contributed by atoms with E-state index in [-0.39, 0.29) is 12.5 Å². The molecule has 1 aliphatic rings. The molecule has 1 rings (SSSR count). The first-order chi connectivity index (χ1) is 8.11. The first-order valence-electron chi connectivity index (χ1n) is 5.71. The van der Waals surface area contributed by atoms with Crippen LogP contribution in [0.1, 0.15) is 19.8 Å². The van der Waals surface area contributed by atoms with E-state index in [1.165, 1.54) is 4.90 Å². The van der Waals surface area contributed by atoms with Crippen LogP contribution in [0.5, 0.6) is 0 Å². The van der Waals surface area contributed by atoms with Gasteiger partial charge in [-0.1, -0.05) is 18.1 Å². The first-order valence-corrected chi connectivity index (χ1v) is 5.71. The van der Waals surface area contributed by atoms with Crippen LogP contribution in [0.25, 0.3) is 0 Å². The number of carbonyl (C=O) groups is 2. The van der Waals surface area contributed by atoms with Crippen molar-refractivity contribution in [2.45, 2.75) is 19.8 Å². The molecule has 1 amide bonds. The molecule has 0 aliphatic heterocycles. The minimum Gasteiger partial charge on any atom is -0.481 e. The second kappa shape index (κ2) is 6.09. The number of hydrogen-bond acceptors (Lipinski definition) is 2. The van der Waals surface area contributed by atoms with Gasteiger partial charge in [-0.3, -0.25) is 9.59 Å². The number of terminal acetylenes is 1. The summed E-state index contributed by atoms with van der Waals surface area (Å²) in [6.45, 7) is 2.58. The molecule has 1 N–H and O–H groups in total. The van der Waals surface area contributed by atoms with E-state index in [9.17, 15) is 9.59 Å². The van der Waals surface area contributed by atoms with Crippen LogP contribution in [0.15, 0.2) is 12.2 Å². The SMILES string of the molecule is C#CCN(CC)C(=O)[C@@H]1CC=CC[C@@H]1C(=O)O. The number of rotatable bonds is 4. The van der Waals surface area contributed by atoms with Crippen molar-refractivity contribution in [2.75, 3.05) is 13.1 Å². The Morgan fingerprint density at radius 3 is 2.47 bits per heavy atom. The Labute approximate surface area is 101 Å². The summed E-state index contributed by atoms with van der Waals surface area (Å²) in [6.07, 6.45) is 9.78. The number of aliphatic carboxylic acids is 1. The van der Waals surface area contributed by atoms with Gasteiger partial charge < -0.3 is 10.0 Å². The van der Waals surface area contributed by atoms with Gasteiger partial charge in [-0.2, -0.15) is 0 Å². The molecule has 1 aliphatic carbocycles. The van der Waals surface area contributed by atoms with Crippen molar-refractivity contribution < 1.29 is 14.7 Å². The maximum absolute atomic E-state index is 12.2. The zero-order chi connectivity index (χ0) is 12.8. The highest BCUT2D eigenvalue weighted by Gasteiger charge is 2.35. The van der Waals surface area contributed by atoms with Crippen molar-refractivity contribution in [1.82, 2.24) is 4.90 Å². The maximum atomic E-state index is 12.2. The van der Waals surface area contributed by atoms with Gasteiger partial charge in [0.1, 0.15) is 0 Å². The zero-order valence-electron chi connectivity index (χ0n) is 9.93. The van der Waals surface area contributed by atoms with Crippen molar-refractivity contribution in [3.05, 3.63) is 12.2 Å². The molecule has 4 heteroatoms. The van der Waals surface area contributed by atoms with E-state index in [1.54, 1.807) is 0 Å². The quantitative estimate of drug-likeness (QED) is 0.587. The fraction of sp³-hybridized carbons (Fsp3) is 0.538. The van der Waals surface area contributed by atoms with Gasteiger partial charge >= 0.3 is 5.97 Å². The third-order valence-electron chi connectivity index (χ3n) is 3.04. The van der Waals surface area contributed by atoms with Crippen LogP contribution in [-0.2, 0) is 9.59 Å². The molecule has 0 aromatic carbocycles. The Hall–Kier alpha value is -1.76. The summed E-state index contributed by atoms with van der Waals surface area (Å²) in [5.74, 6) is 0.253. The van der Waals surface area contributed by atoms with Gasteiger partial charge in [-0.05, 0) is 19.8 Å². The molecule has 0 bridgehead atoms. The van der Waals surface area contributed by atoms with Gasteiger partial charge in [-0.25, -0.2) is 0 Å². The minimum absolute atomic E-state index is 0.151. The van der Waals surface area contributed by atoms with Gasteiger partial charge in [-0.15, -0.1) is 6.42 Å². The lowest BCUT2D eigenvalue weighted by atomic mass is 9.82. The van der Waals surface area contributed by atoms with E-state index in [2.05, 4.69) is 5.92 Å². The second-order valence-electron chi connectivity index (χ2n) is 4.05. The summed E-state index contributed by atoms with van der Waals surface area (Å²) in [7, 11) is 0. The van der Waals surface area contributed by atoms with E-state index in [1.807, 2.05) is 19.1 Å². The number of allylic oxidation sites excluding steroid dienone is 2. The fourth-order valence-corrected chi connectivity index (χ4v) is 2.05. The summed E-state index contributed by atoms with van der Waals surface area (Å²) < 4.78 is 0. The van der Waals surface area contributed by atoms with Crippen molar-refractivity contribution in [1.29, 1.82) is 0 Å². The van der Waals surface area contributed by atoms with Crippen LogP contribution in [0.4, 0.5) is 0 Å². The van der Waals surface area contributed by atoms with Crippen molar-refractivity contribution in [3.63, 3.8) is 0 Å². The lowest BCUT2D eigenvalue weighted by Crippen LogP contribution is -2.41. The topological polar surface area (TPSA) is 57.6 Å². The third-order valence-corrected chi connectivity index (χ3v) is 3.04. The monoisotopic (exact) mass is 235 g/mol. The molecule has 0 spiro atoms. The van der Waals surface area contributed by atoms with Crippen molar-refractivity contribution in [2.24, 2.45) is 11.8 Å². The molecule has 92 valence electrons. The lowest BCUT2D eigenvalue weighted by Gasteiger charge is -2.29. The fourth-order valence-electron chi connectivity index (χ4n) is 2.05. The van der Waals surface area contributed by atoms with E-state index in [4.69, 9.17) is 11.5 Å². The second-order valence-corrected chi connectivity index (χ2v) is 4.05. The summed E-state index contributed by atoms with van der Waals surface area (Å²) in [5, 5.41) is 9.10. The third kappa shape index (κ3) is 3.10. The van der Waals surface area contributed by atoms with E-state index in [0.717, 1.165) is 0 Å². The molecule has 0 saturated heterocycles. The van der Waals surface area contributed by atoms with E-state index >= 15 is 0 Å². The largest absolute Gasteiger partial charge is 0.481 e. The molecule has 2 atom stereocenters. The molecule has 0 saturated carbocycles. The van der Waals surface area contributed by atoms with Gasteiger partial charge in [0.2, 0.25) is 5.91 Å². The predicted octanol–water partition coefficient (Wildman–Crippen LogP) is 1.14. The predicted molar refractivity (Wildman–Crippen MR) is 64.1 cm³/mol. The van der Waals surface area contributed by atoms with E-state index in [0.29, 0.717) is 19.4 Å². The molecular formula is C13H17NO3. The highest BCUT2D eigenvalue weighted by molar-refractivity contribution is 5.85. The number of nitrogens with zero attached hydrogens (tertiary/aromatic N) is 1. The number of hydrogen-bond donors (Lipinski definition) is 1. The van der Waals surface area contributed by atoms with Gasteiger partial charge in [0.05, 0.1) is 18.4 Å². The molecule has 0 heterocycles. The molecule has 0 aromatic rings. The zero-order valence-corrected chi connectivity index (χ0v) is 9.93. The van der Waals surface area contributed by atoms with Gasteiger partial charge in [0.25, 0.3) is 0 Å². The Balaban J connectivity index is 2.82. The molecule has 0 fully saturated rings. The molecule has 0 unspecified atom stereocenters. The van der Waals surface area contributed by atoms with Crippen LogP contribution in [0.2, 0.25) is 0 Å². The van der Waals surface area contributed by atoms with Crippen LogP contribution in [0, 0.1) is 24.2 Å². The smallest absolute Gasteiger partial charge is 0.307 e. The van der Waals surface area contributed by atoms with Crippen molar-refractivity contribution >= 4 is 11.9 Å². The summed E-state index contributed by atoms with van der Waals surface area (Å²) >= 11 is 0. The highest BCUT2D eigenvalue weighted by Crippen LogP contribution is 2.27. The average Bonchev–Trinajstić information content (AvgIpc) is 2.35. The van der Waals surface area contributed by atoms with Crippen LogP contribution < -0.4 is 0 Å². The maximum Gasteiger partial charge on any atom is 0.307 e. The summed E-state index contributed by atoms with van der Waals surface area (Å²) in [5.41, 5.74) is 0. The Bertz CT molecular complexity index is 367. The van der Waals surface area contributed by atoms with Crippen LogP contribution in [-0.4, -0.2) is 35.0 Å².